The van der Waals surface area contributed by atoms with Crippen molar-refractivity contribution in [1.82, 2.24) is 4.90 Å². The van der Waals surface area contributed by atoms with Crippen molar-refractivity contribution in [2.24, 2.45) is 0 Å². The van der Waals surface area contributed by atoms with Gasteiger partial charge in [0.1, 0.15) is 5.75 Å². The van der Waals surface area contributed by atoms with Gasteiger partial charge in [-0.3, -0.25) is 4.79 Å². The number of urea groups is 1. The Hall–Kier alpha value is -2.24. The minimum Gasteiger partial charge on any atom is -0.495 e. The number of carbonyl (C=O) groups excluding carboxylic acids is 1. The Bertz CT molecular complexity index is 504. The van der Waals surface area contributed by atoms with Gasteiger partial charge in [0.2, 0.25) is 0 Å². The highest BCUT2D eigenvalue weighted by Crippen LogP contribution is 2.26. The minimum atomic E-state index is -0.882. The number of nitrogens with zero attached hydrogens (tertiary/aromatic N) is 1. The van der Waals surface area contributed by atoms with Crippen molar-refractivity contribution in [1.29, 1.82) is 0 Å². The van der Waals surface area contributed by atoms with Gasteiger partial charge in [-0.15, -0.1) is 0 Å². The number of rotatable bonds is 4. The highest BCUT2D eigenvalue weighted by atomic mass is 16.5. The van der Waals surface area contributed by atoms with Gasteiger partial charge in [0.15, 0.2) is 0 Å². The van der Waals surface area contributed by atoms with E-state index in [-0.39, 0.29) is 18.5 Å². The van der Waals surface area contributed by atoms with E-state index in [4.69, 9.17) is 9.84 Å². The number of benzene rings is 1. The quantitative estimate of drug-likeness (QED) is 0.884. The summed E-state index contributed by atoms with van der Waals surface area (Å²) in [5, 5.41) is 11.6. The molecule has 1 aliphatic heterocycles. The Morgan fingerprint density at radius 3 is 2.90 bits per heavy atom. The number of likely N-dealkylation sites (tertiary alicyclic amines) is 1. The summed E-state index contributed by atoms with van der Waals surface area (Å²) in [6.07, 6.45) is 1.54. The van der Waals surface area contributed by atoms with Crippen molar-refractivity contribution in [2.45, 2.75) is 25.3 Å². The van der Waals surface area contributed by atoms with Crippen molar-refractivity contribution < 1.29 is 19.4 Å². The molecule has 1 fully saturated rings. The van der Waals surface area contributed by atoms with Gasteiger partial charge >= 0.3 is 12.0 Å². The average Bonchev–Trinajstić information content (AvgIpc) is 2.86. The van der Waals surface area contributed by atoms with Crippen molar-refractivity contribution in [2.75, 3.05) is 19.0 Å². The number of ether oxygens (including phenoxy) is 1. The maximum absolute atomic E-state index is 12.2. The smallest absolute Gasteiger partial charge is 0.322 e. The Morgan fingerprint density at radius 2 is 2.20 bits per heavy atom. The van der Waals surface area contributed by atoms with Gasteiger partial charge in [0, 0.05) is 12.6 Å². The molecule has 0 radical (unpaired) electrons. The van der Waals surface area contributed by atoms with Crippen molar-refractivity contribution in [3.8, 4) is 5.75 Å². The van der Waals surface area contributed by atoms with E-state index in [9.17, 15) is 9.59 Å². The van der Waals surface area contributed by atoms with E-state index in [1.54, 1.807) is 23.1 Å². The van der Waals surface area contributed by atoms with Gasteiger partial charge in [-0.05, 0) is 25.0 Å². The summed E-state index contributed by atoms with van der Waals surface area (Å²) in [7, 11) is 1.54. The molecule has 6 heteroatoms. The first kappa shape index (κ1) is 14.2. The van der Waals surface area contributed by atoms with Gasteiger partial charge in [0.25, 0.3) is 0 Å². The molecule has 0 aromatic heterocycles. The molecule has 0 bridgehead atoms. The molecule has 2 amide bonds. The van der Waals surface area contributed by atoms with Crippen LogP contribution in [0.25, 0.3) is 0 Å². The molecule has 1 saturated heterocycles. The Morgan fingerprint density at radius 1 is 1.45 bits per heavy atom. The van der Waals surface area contributed by atoms with E-state index in [0.29, 0.717) is 18.0 Å². The molecule has 1 aliphatic rings. The van der Waals surface area contributed by atoms with Gasteiger partial charge in [-0.1, -0.05) is 12.1 Å². The molecule has 20 heavy (non-hydrogen) atoms. The van der Waals surface area contributed by atoms with E-state index < -0.39 is 5.97 Å². The zero-order chi connectivity index (χ0) is 14.5. The highest BCUT2D eigenvalue weighted by molar-refractivity contribution is 5.91. The number of methoxy groups -OCH3 is 1. The highest BCUT2D eigenvalue weighted by Gasteiger charge is 2.30. The van der Waals surface area contributed by atoms with Crippen LogP contribution in [0, 0.1) is 0 Å². The van der Waals surface area contributed by atoms with Crippen LogP contribution in [-0.2, 0) is 4.79 Å². The third kappa shape index (κ3) is 3.20. The Labute approximate surface area is 117 Å². The summed E-state index contributed by atoms with van der Waals surface area (Å²) in [5.41, 5.74) is 0.584. The molecular weight excluding hydrogens is 260 g/mol. The summed E-state index contributed by atoms with van der Waals surface area (Å²) in [6, 6.07) is 6.61. The molecule has 108 valence electrons. The molecule has 0 saturated carbocycles. The number of amides is 2. The lowest BCUT2D eigenvalue weighted by molar-refractivity contribution is -0.137. The fraction of sp³-hybridized carbons (Fsp3) is 0.429. The second-order valence-corrected chi connectivity index (χ2v) is 4.72. The number of nitrogens with one attached hydrogen (secondary N) is 1. The van der Waals surface area contributed by atoms with Crippen molar-refractivity contribution in [3.05, 3.63) is 24.3 Å². The normalized spacial score (nSPS) is 17.9. The first-order chi connectivity index (χ1) is 9.61. The number of carbonyl (C=O) groups is 2. The van der Waals surface area contributed by atoms with Crippen LogP contribution in [0.1, 0.15) is 19.3 Å². The number of hydrogen-bond acceptors (Lipinski definition) is 3. The molecule has 2 N–H and O–H groups in total. The predicted octanol–water partition coefficient (Wildman–Crippen LogP) is 2.17. The molecular formula is C14H18N2O4. The van der Waals surface area contributed by atoms with Gasteiger partial charge < -0.3 is 20.1 Å². The number of aliphatic carboxylic acids is 1. The van der Waals surface area contributed by atoms with Gasteiger partial charge in [0.05, 0.1) is 19.2 Å². The number of hydrogen-bond donors (Lipinski definition) is 2. The standard InChI is InChI=1S/C14H18N2O4/c1-20-12-7-3-2-6-11(12)15-14(19)16-8-4-5-10(16)9-13(17)18/h2-3,6-7,10H,4-5,8-9H2,1H3,(H,15,19)(H,17,18). The first-order valence-electron chi connectivity index (χ1n) is 6.54. The van der Waals surface area contributed by atoms with Crippen LogP contribution < -0.4 is 10.1 Å². The fourth-order valence-electron chi connectivity index (χ4n) is 2.45. The molecule has 0 aliphatic carbocycles. The molecule has 1 aromatic rings. The van der Waals surface area contributed by atoms with E-state index in [1.807, 2.05) is 6.07 Å². The molecule has 0 spiro atoms. The number of anilines is 1. The van der Waals surface area contributed by atoms with Crippen LogP contribution in [0.15, 0.2) is 24.3 Å². The van der Waals surface area contributed by atoms with Crippen LogP contribution in [-0.4, -0.2) is 41.7 Å². The second kappa shape index (κ2) is 6.27. The van der Waals surface area contributed by atoms with E-state index in [2.05, 4.69) is 5.32 Å². The predicted molar refractivity (Wildman–Crippen MR) is 74.0 cm³/mol. The molecule has 1 aromatic carbocycles. The van der Waals surface area contributed by atoms with Crippen LogP contribution in [0.3, 0.4) is 0 Å². The molecule has 1 heterocycles. The van der Waals surface area contributed by atoms with Crippen LogP contribution in [0.4, 0.5) is 10.5 Å². The van der Waals surface area contributed by atoms with Gasteiger partial charge in [-0.2, -0.15) is 0 Å². The first-order valence-corrected chi connectivity index (χ1v) is 6.54. The lowest BCUT2D eigenvalue weighted by Crippen LogP contribution is -2.39. The van der Waals surface area contributed by atoms with Crippen molar-refractivity contribution in [3.63, 3.8) is 0 Å². The fourth-order valence-corrected chi connectivity index (χ4v) is 2.45. The van der Waals surface area contributed by atoms with Gasteiger partial charge in [-0.25, -0.2) is 4.79 Å². The van der Waals surface area contributed by atoms with Crippen LogP contribution in [0.5, 0.6) is 5.75 Å². The molecule has 1 atom stereocenters. The third-order valence-electron chi connectivity index (χ3n) is 3.40. The van der Waals surface area contributed by atoms with E-state index >= 15 is 0 Å². The summed E-state index contributed by atoms with van der Waals surface area (Å²) < 4.78 is 5.17. The zero-order valence-electron chi connectivity index (χ0n) is 11.3. The lowest BCUT2D eigenvalue weighted by atomic mass is 10.1. The van der Waals surface area contributed by atoms with E-state index in [1.165, 1.54) is 7.11 Å². The lowest BCUT2D eigenvalue weighted by Gasteiger charge is -2.24. The number of para-hydroxylation sites is 2. The average molecular weight is 278 g/mol. The monoisotopic (exact) mass is 278 g/mol. The molecule has 1 unspecified atom stereocenters. The Kier molecular flexibility index (Phi) is 4.45. The second-order valence-electron chi connectivity index (χ2n) is 4.72. The SMILES string of the molecule is COc1ccccc1NC(=O)N1CCCC1CC(=O)O. The summed E-state index contributed by atoms with van der Waals surface area (Å²) >= 11 is 0. The summed E-state index contributed by atoms with van der Waals surface area (Å²) in [5.74, 6) is -0.304. The third-order valence-corrected chi connectivity index (χ3v) is 3.40. The topological polar surface area (TPSA) is 78.9 Å². The minimum absolute atomic E-state index is 0.0145. The molecule has 2 rings (SSSR count). The van der Waals surface area contributed by atoms with Crippen LogP contribution >= 0.6 is 0 Å². The zero-order valence-corrected chi connectivity index (χ0v) is 11.3. The summed E-state index contributed by atoms with van der Waals surface area (Å²) in [4.78, 5) is 24.6. The van der Waals surface area contributed by atoms with Crippen LogP contribution in [0.2, 0.25) is 0 Å². The largest absolute Gasteiger partial charge is 0.495 e. The van der Waals surface area contributed by atoms with Crippen molar-refractivity contribution >= 4 is 17.7 Å². The maximum atomic E-state index is 12.2. The number of carboxylic acids is 1. The molecule has 6 nitrogen and oxygen atoms in total. The van der Waals surface area contributed by atoms with E-state index in [0.717, 1.165) is 12.8 Å². The summed E-state index contributed by atoms with van der Waals surface area (Å²) in [6.45, 7) is 0.582. The number of carboxylic acid groups (broad SMARTS) is 1. The maximum Gasteiger partial charge on any atom is 0.322 e. The Balaban J connectivity index is 2.05.